The van der Waals surface area contributed by atoms with Crippen LogP contribution in [0, 0.1) is 6.92 Å². The molecule has 0 unspecified atom stereocenters. The normalized spacial score (nSPS) is 11.3. The second kappa shape index (κ2) is 7.36. The average molecular weight is 398 g/mol. The van der Waals surface area contributed by atoms with Gasteiger partial charge in [-0.25, -0.2) is 8.42 Å². The van der Waals surface area contributed by atoms with E-state index in [9.17, 15) is 8.42 Å². The highest BCUT2D eigenvalue weighted by atomic mass is 79.9. The largest absolute Gasteiger partial charge is 0.493 e. The van der Waals surface area contributed by atoms with E-state index < -0.39 is 10.0 Å². The van der Waals surface area contributed by atoms with E-state index in [2.05, 4.69) is 15.9 Å². The van der Waals surface area contributed by atoms with Crippen LogP contribution in [0.3, 0.4) is 0 Å². The zero-order chi connectivity index (χ0) is 17.0. The Morgan fingerprint density at radius 3 is 2.48 bits per heavy atom. The summed E-state index contributed by atoms with van der Waals surface area (Å²) in [6.07, 6.45) is 0. The van der Waals surface area contributed by atoms with Crippen molar-refractivity contribution < 1.29 is 13.2 Å². The number of hydrogen-bond acceptors (Lipinski definition) is 3. The molecule has 0 heterocycles. The van der Waals surface area contributed by atoms with Gasteiger partial charge >= 0.3 is 0 Å². The molecule has 4 nitrogen and oxygen atoms in total. The lowest BCUT2D eigenvalue weighted by Crippen LogP contribution is -2.30. The Labute approximate surface area is 146 Å². The van der Waals surface area contributed by atoms with Gasteiger partial charge in [0.25, 0.3) is 10.0 Å². The molecule has 0 bridgehead atoms. The van der Waals surface area contributed by atoms with Crippen molar-refractivity contribution in [2.24, 2.45) is 0 Å². The first-order chi connectivity index (χ1) is 10.9. The summed E-state index contributed by atoms with van der Waals surface area (Å²) in [5.74, 6) is 0.522. The first kappa shape index (κ1) is 17.8. The summed E-state index contributed by atoms with van der Waals surface area (Å²) < 4.78 is 33.6. The summed E-state index contributed by atoms with van der Waals surface area (Å²) in [7, 11) is -3.65. The van der Waals surface area contributed by atoms with Gasteiger partial charge in [0.15, 0.2) is 0 Å². The predicted octanol–water partition coefficient (Wildman–Crippen LogP) is 4.37. The molecule has 0 saturated heterocycles. The van der Waals surface area contributed by atoms with Crippen LogP contribution in [0.4, 0.5) is 5.69 Å². The van der Waals surface area contributed by atoms with E-state index in [4.69, 9.17) is 4.74 Å². The van der Waals surface area contributed by atoms with Crippen molar-refractivity contribution in [3.8, 4) is 5.75 Å². The summed E-state index contributed by atoms with van der Waals surface area (Å²) in [5, 5.41) is 0. The van der Waals surface area contributed by atoms with Crippen molar-refractivity contribution in [2.75, 3.05) is 17.5 Å². The Morgan fingerprint density at radius 2 is 1.87 bits per heavy atom. The van der Waals surface area contributed by atoms with Gasteiger partial charge < -0.3 is 4.74 Å². The first-order valence-corrected chi connectivity index (χ1v) is 9.65. The summed E-state index contributed by atoms with van der Waals surface area (Å²) in [5.41, 5.74) is 1.68. The number of hydrogen-bond donors (Lipinski definition) is 0. The predicted molar refractivity (Wildman–Crippen MR) is 96.7 cm³/mol. The third-order valence-electron chi connectivity index (χ3n) is 3.37. The molecule has 6 heteroatoms. The van der Waals surface area contributed by atoms with Crippen molar-refractivity contribution in [1.82, 2.24) is 0 Å². The van der Waals surface area contributed by atoms with Crippen LogP contribution in [0.2, 0.25) is 0 Å². The molecule has 0 fully saturated rings. The van der Waals surface area contributed by atoms with E-state index in [-0.39, 0.29) is 4.90 Å². The highest BCUT2D eigenvalue weighted by Gasteiger charge is 2.24. The van der Waals surface area contributed by atoms with E-state index in [0.717, 1.165) is 10.0 Å². The van der Waals surface area contributed by atoms with E-state index in [0.29, 0.717) is 24.6 Å². The molecular weight excluding hydrogens is 378 g/mol. The lowest BCUT2D eigenvalue weighted by Gasteiger charge is -2.23. The monoisotopic (exact) mass is 397 g/mol. The van der Waals surface area contributed by atoms with Gasteiger partial charge in [-0.2, -0.15) is 0 Å². The standard InChI is InChI=1S/C17H20BrNO3S/c1-4-19(14-8-6-7-13(3)11-14)23(20,21)15-9-10-16(18)17(12-15)22-5-2/h6-12H,4-5H2,1-3H3. The van der Waals surface area contributed by atoms with Crippen LogP contribution >= 0.6 is 15.9 Å². The molecule has 0 atom stereocenters. The molecule has 2 aromatic carbocycles. The molecule has 0 saturated carbocycles. The van der Waals surface area contributed by atoms with Crippen LogP contribution in [-0.4, -0.2) is 21.6 Å². The maximum absolute atomic E-state index is 13.0. The molecule has 0 aromatic heterocycles. The second-order valence-corrected chi connectivity index (χ2v) is 7.75. The minimum atomic E-state index is -3.65. The van der Waals surface area contributed by atoms with Crippen molar-refractivity contribution in [1.29, 1.82) is 0 Å². The number of aryl methyl sites for hydroxylation is 1. The Balaban J connectivity index is 2.49. The van der Waals surface area contributed by atoms with Crippen molar-refractivity contribution in [3.63, 3.8) is 0 Å². The van der Waals surface area contributed by atoms with Gasteiger partial charge in [0, 0.05) is 12.6 Å². The lowest BCUT2D eigenvalue weighted by atomic mass is 10.2. The number of rotatable bonds is 6. The molecule has 0 aliphatic carbocycles. The van der Waals surface area contributed by atoms with Crippen LogP contribution < -0.4 is 9.04 Å². The minimum Gasteiger partial charge on any atom is -0.493 e. The Morgan fingerprint density at radius 1 is 1.13 bits per heavy atom. The molecule has 124 valence electrons. The fourth-order valence-corrected chi connectivity index (χ4v) is 4.15. The van der Waals surface area contributed by atoms with Gasteiger partial charge in [0.05, 0.1) is 21.7 Å². The van der Waals surface area contributed by atoms with Gasteiger partial charge in [-0.05, 0) is 66.5 Å². The Bertz CT molecular complexity index is 790. The molecule has 23 heavy (non-hydrogen) atoms. The van der Waals surface area contributed by atoms with E-state index >= 15 is 0 Å². The second-order valence-electron chi connectivity index (χ2n) is 5.03. The zero-order valence-corrected chi connectivity index (χ0v) is 15.8. The maximum Gasteiger partial charge on any atom is 0.264 e. The summed E-state index contributed by atoms with van der Waals surface area (Å²) in [6.45, 7) is 6.45. The maximum atomic E-state index is 13.0. The molecule has 0 radical (unpaired) electrons. The van der Waals surface area contributed by atoms with Crippen molar-refractivity contribution >= 4 is 31.6 Å². The van der Waals surface area contributed by atoms with Crippen LogP contribution in [-0.2, 0) is 10.0 Å². The third kappa shape index (κ3) is 3.87. The van der Waals surface area contributed by atoms with Crippen LogP contribution in [0.15, 0.2) is 51.8 Å². The molecule has 2 rings (SSSR count). The quantitative estimate of drug-likeness (QED) is 0.726. The third-order valence-corrected chi connectivity index (χ3v) is 5.92. The summed E-state index contributed by atoms with van der Waals surface area (Å²) in [6, 6.07) is 12.3. The van der Waals surface area contributed by atoms with Crippen LogP contribution in [0.5, 0.6) is 5.75 Å². The molecule has 0 amide bonds. The fourth-order valence-electron chi connectivity index (χ4n) is 2.31. The molecule has 0 N–H and O–H groups in total. The summed E-state index contributed by atoms with van der Waals surface area (Å²) >= 11 is 3.37. The first-order valence-electron chi connectivity index (χ1n) is 7.42. The van der Waals surface area contributed by atoms with Crippen LogP contribution in [0.25, 0.3) is 0 Å². The molecule has 0 aliphatic rings. The van der Waals surface area contributed by atoms with Crippen molar-refractivity contribution in [3.05, 3.63) is 52.5 Å². The van der Waals surface area contributed by atoms with Gasteiger partial charge in [0.1, 0.15) is 5.75 Å². The Kier molecular flexibility index (Phi) is 5.70. The number of benzene rings is 2. The summed E-state index contributed by atoms with van der Waals surface area (Å²) in [4.78, 5) is 0.215. The van der Waals surface area contributed by atoms with Gasteiger partial charge in [-0.15, -0.1) is 0 Å². The SMILES string of the molecule is CCOc1cc(S(=O)(=O)N(CC)c2cccc(C)c2)ccc1Br. The smallest absolute Gasteiger partial charge is 0.264 e. The average Bonchev–Trinajstić information content (AvgIpc) is 2.50. The number of ether oxygens (including phenoxy) is 1. The number of halogens is 1. The number of anilines is 1. The van der Waals surface area contributed by atoms with Gasteiger partial charge in [0.2, 0.25) is 0 Å². The molecular formula is C17H20BrNO3S. The van der Waals surface area contributed by atoms with E-state index in [1.165, 1.54) is 4.31 Å². The molecule has 0 spiro atoms. The number of sulfonamides is 1. The van der Waals surface area contributed by atoms with Gasteiger partial charge in [-0.1, -0.05) is 12.1 Å². The minimum absolute atomic E-state index is 0.215. The zero-order valence-electron chi connectivity index (χ0n) is 13.4. The number of nitrogens with zero attached hydrogens (tertiary/aromatic N) is 1. The molecule has 2 aromatic rings. The highest BCUT2D eigenvalue weighted by Crippen LogP contribution is 2.31. The van der Waals surface area contributed by atoms with E-state index in [1.54, 1.807) is 24.3 Å². The van der Waals surface area contributed by atoms with Crippen LogP contribution in [0.1, 0.15) is 19.4 Å². The lowest BCUT2D eigenvalue weighted by molar-refractivity contribution is 0.337. The van der Waals surface area contributed by atoms with Crippen molar-refractivity contribution in [2.45, 2.75) is 25.7 Å². The molecule has 0 aliphatic heterocycles. The van der Waals surface area contributed by atoms with E-state index in [1.807, 2.05) is 39.0 Å². The van der Waals surface area contributed by atoms with Gasteiger partial charge in [-0.3, -0.25) is 4.31 Å². The Hall–Kier alpha value is -1.53. The fraction of sp³-hybridized carbons (Fsp3) is 0.294. The highest BCUT2D eigenvalue weighted by molar-refractivity contribution is 9.10. The topological polar surface area (TPSA) is 46.6 Å².